The molecule has 2 rings (SSSR count). The fourth-order valence-corrected chi connectivity index (χ4v) is 3.05. The predicted octanol–water partition coefficient (Wildman–Crippen LogP) is 2.94. The summed E-state index contributed by atoms with van der Waals surface area (Å²) in [4.78, 5) is 0. The highest BCUT2D eigenvalue weighted by molar-refractivity contribution is 4.93. The lowest BCUT2D eigenvalue weighted by atomic mass is 9.76. The van der Waals surface area contributed by atoms with Gasteiger partial charge in [0.1, 0.15) is 0 Å². The van der Waals surface area contributed by atoms with Crippen molar-refractivity contribution in [1.29, 1.82) is 0 Å². The Balaban J connectivity index is 1.90. The monoisotopic (exact) mass is 181 g/mol. The van der Waals surface area contributed by atoms with Gasteiger partial charge in [0.05, 0.1) is 0 Å². The van der Waals surface area contributed by atoms with Crippen molar-refractivity contribution in [3.8, 4) is 0 Å². The van der Waals surface area contributed by atoms with Crippen molar-refractivity contribution in [3.63, 3.8) is 0 Å². The van der Waals surface area contributed by atoms with Gasteiger partial charge in [0, 0.05) is 6.04 Å². The molecule has 13 heavy (non-hydrogen) atoms. The third-order valence-electron chi connectivity index (χ3n) is 4.16. The first-order chi connectivity index (χ1) is 6.09. The second-order valence-electron chi connectivity index (χ2n) is 5.83. The van der Waals surface area contributed by atoms with Crippen molar-refractivity contribution in [2.24, 2.45) is 23.0 Å². The van der Waals surface area contributed by atoms with E-state index in [4.69, 9.17) is 5.73 Å². The summed E-state index contributed by atoms with van der Waals surface area (Å²) in [6.07, 6.45) is 8.35. The maximum Gasteiger partial charge on any atom is 0.00748 e. The highest BCUT2D eigenvalue weighted by Gasteiger charge is 2.39. The van der Waals surface area contributed by atoms with Crippen LogP contribution in [0.4, 0.5) is 0 Å². The second-order valence-corrected chi connectivity index (χ2v) is 5.83. The van der Waals surface area contributed by atoms with E-state index in [9.17, 15) is 0 Å². The minimum Gasteiger partial charge on any atom is -0.327 e. The van der Waals surface area contributed by atoms with Crippen LogP contribution in [0.25, 0.3) is 0 Å². The molecule has 2 saturated carbocycles. The molecule has 0 spiro atoms. The van der Waals surface area contributed by atoms with E-state index >= 15 is 0 Å². The van der Waals surface area contributed by atoms with Crippen molar-refractivity contribution >= 4 is 0 Å². The van der Waals surface area contributed by atoms with E-state index in [1.165, 1.54) is 38.5 Å². The summed E-state index contributed by atoms with van der Waals surface area (Å²) in [5.41, 5.74) is 6.82. The molecule has 2 unspecified atom stereocenters. The largest absolute Gasteiger partial charge is 0.327 e. The summed E-state index contributed by atoms with van der Waals surface area (Å²) in [5.74, 6) is 1.79. The Bertz CT molecular complexity index is 182. The Kier molecular flexibility index (Phi) is 2.39. The highest BCUT2D eigenvalue weighted by atomic mass is 14.7. The van der Waals surface area contributed by atoms with Crippen LogP contribution in [0.1, 0.15) is 52.4 Å². The molecule has 2 fully saturated rings. The fraction of sp³-hybridized carbons (Fsp3) is 1.00. The van der Waals surface area contributed by atoms with E-state index in [0.717, 1.165) is 11.8 Å². The summed E-state index contributed by atoms with van der Waals surface area (Å²) in [7, 11) is 0. The fourth-order valence-electron chi connectivity index (χ4n) is 3.05. The Morgan fingerprint density at radius 3 is 2.46 bits per heavy atom. The molecule has 1 heteroatoms. The number of hydrogen-bond donors (Lipinski definition) is 1. The molecule has 0 aromatic heterocycles. The first kappa shape index (κ1) is 9.51. The lowest BCUT2D eigenvalue weighted by Gasteiger charge is -2.32. The molecule has 2 aliphatic carbocycles. The zero-order valence-electron chi connectivity index (χ0n) is 9.05. The standard InChI is InChI=1S/C12H23N/c1-12(2)7-3-4-10(12)11(13)8-9-5-6-9/h9-11H,3-8,13H2,1-2H3. The second kappa shape index (κ2) is 3.27. The molecule has 76 valence electrons. The molecular weight excluding hydrogens is 158 g/mol. The van der Waals surface area contributed by atoms with Crippen molar-refractivity contribution in [3.05, 3.63) is 0 Å². The average molecular weight is 181 g/mol. The molecule has 2 N–H and O–H groups in total. The third-order valence-corrected chi connectivity index (χ3v) is 4.16. The molecule has 1 nitrogen and oxygen atoms in total. The van der Waals surface area contributed by atoms with Gasteiger partial charge in [0.25, 0.3) is 0 Å². The van der Waals surface area contributed by atoms with Gasteiger partial charge in [0.15, 0.2) is 0 Å². The molecule has 0 heterocycles. The van der Waals surface area contributed by atoms with Crippen LogP contribution in [0.15, 0.2) is 0 Å². The highest BCUT2D eigenvalue weighted by Crippen LogP contribution is 2.46. The van der Waals surface area contributed by atoms with Crippen LogP contribution in [0.3, 0.4) is 0 Å². The number of rotatable bonds is 3. The van der Waals surface area contributed by atoms with Crippen molar-refractivity contribution in [2.45, 2.75) is 58.4 Å². The van der Waals surface area contributed by atoms with E-state index in [0.29, 0.717) is 11.5 Å². The van der Waals surface area contributed by atoms with Crippen molar-refractivity contribution < 1.29 is 0 Å². The Morgan fingerprint density at radius 1 is 1.31 bits per heavy atom. The minimum atomic E-state index is 0.491. The number of nitrogens with two attached hydrogens (primary N) is 1. The Hall–Kier alpha value is -0.0400. The minimum absolute atomic E-state index is 0.491. The summed E-state index contributed by atoms with van der Waals surface area (Å²) in [6.45, 7) is 4.80. The molecule has 0 aromatic carbocycles. The van der Waals surface area contributed by atoms with Gasteiger partial charge < -0.3 is 5.73 Å². The SMILES string of the molecule is CC1(C)CCCC1C(N)CC1CC1. The molecule has 0 aliphatic heterocycles. The van der Waals surface area contributed by atoms with E-state index in [2.05, 4.69) is 13.8 Å². The zero-order valence-corrected chi connectivity index (χ0v) is 9.05. The first-order valence-electron chi connectivity index (χ1n) is 5.85. The van der Waals surface area contributed by atoms with E-state index in [1.807, 2.05) is 0 Å². The van der Waals surface area contributed by atoms with Gasteiger partial charge in [0.2, 0.25) is 0 Å². The molecule has 2 atom stereocenters. The quantitative estimate of drug-likeness (QED) is 0.711. The molecule has 0 radical (unpaired) electrons. The van der Waals surface area contributed by atoms with Gasteiger partial charge >= 0.3 is 0 Å². The topological polar surface area (TPSA) is 26.0 Å². The third kappa shape index (κ3) is 2.07. The molecule has 0 saturated heterocycles. The van der Waals surface area contributed by atoms with E-state index < -0.39 is 0 Å². The molecule has 2 aliphatic rings. The maximum absolute atomic E-state index is 6.30. The summed E-state index contributed by atoms with van der Waals surface area (Å²) in [6, 6.07) is 0.491. The van der Waals surface area contributed by atoms with Crippen LogP contribution in [-0.2, 0) is 0 Å². The van der Waals surface area contributed by atoms with Gasteiger partial charge in [-0.3, -0.25) is 0 Å². The van der Waals surface area contributed by atoms with Crippen molar-refractivity contribution in [1.82, 2.24) is 0 Å². The first-order valence-corrected chi connectivity index (χ1v) is 5.85. The van der Waals surface area contributed by atoms with Crippen molar-refractivity contribution in [2.75, 3.05) is 0 Å². The lowest BCUT2D eigenvalue weighted by molar-refractivity contribution is 0.210. The summed E-state index contributed by atoms with van der Waals surface area (Å²) >= 11 is 0. The molecule has 0 aromatic rings. The van der Waals surface area contributed by atoms with E-state index in [-0.39, 0.29) is 0 Å². The smallest absolute Gasteiger partial charge is 0.00748 e. The molecule has 0 bridgehead atoms. The predicted molar refractivity (Wildman–Crippen MR) is 56.4 cm³/mol. The number of hydrogen-bond acceptors (Lipinski definition) is 1. The van der Waals surface area contributed by atoms with Crippen LogP contribution in [0.5, 0.6) is 0 Å². The lowest BCUT2D eigenvalue weighted by Crippen LogP contribution is -2.36. The average Bonchev–Trinajstić information content (AvgIpc) is 2.75. The summed E-state index contributed by atoms with van der Waals surface area (Å²) < 4.78 is 0. The maximum atomic E-state index is 6.30. The van der Waals surface area contributed by atoms with Gasteiger partial charge in [-0.25, -0.2) is 0 Å². The normalized spacial score (nSPS) is 34.8. The van der Waals surface area contributed by atoms with Crippen LogP contribution in [0.2, 0.25) is 0 Å². The zero-order chi connectivity index (χ0) is 9.47. The van der Waals surface area contributed by atoms with Crippen LogP contribution >= 0.6 is 0 Å². The Labute approximate surface area is 82.1 Å². The van der Waals surface area contributed by atoms with Crippen LogP contribution in [0, 0.1) is 17.3 Å². The van der Waals surface area contributed by atoms with Crippen LogP contribution in [-0.4, -0.2) is 6.04 Å². The van der Waals surface area contributed by atoms with Gasteiger partial charge in [-0.15, -0.1) is 0 Å². The van der Waals surface area contributed by atoms with E-state index in [1.54, 1.807) is 0 Å². The van der Waals surface area contributed by atoms with Gasteiger partial charge in [-0.1, -0.05) is 33.1 Å². The van der Waals surface area contributed by atoms with Gasteiger partial charge in [-0.05, 0) is 36.5 Å². The van der Waals surface area contributed by atoms with Gasteiger partial charge in [-0.2, -0.15) is 0 Å². The molecular formula is C12H23N. The summed E-state index contributed by atoms with van der Waals surface area (Å²) in [5, 5.41) is 0. The molecule has 0 amide bonds. The Morgan fingerprint density at radius 2 is 2.00 bits per heavy atom. The van der Waals surface area contributed by atoms with Crippen LogP contribution < -0.4 is 5.73 Å².